The topological polar surface area (TPSA) is 23.5 Å². The van der Waals surface area contributed by atoms with Gasteiger partial charge in [0.05, 0.1) is 12.6 Å². The van der Waals surface area contributed by atoms with Crippen LogP contribution in [0.15, 0.2) is 48.5 Å². The monoisotopic (exact) mass is 309 g/mol. The Bertz CT molecular complexity index is 590. The molecule has 0 saturated carbocycles. The van der Waals surface area contributed by atoms with Gasteiger partial charge in [0.15, 0.2) is 0 Å². The molecule has 2 heteroatoms. The molecule has 2 aromatic carbocycles. The summed E-state index contributed by atoms with van der Waals surface area (Å²) in [6.07, 6.45) is 6.78. The van der Waals surface area contributed by atoms with Gasteiger partial charge in [-0.3, -0.25) is 0 Å². The van der Waals surface area contributed by atoms with E-state index in [1.165, 1.54) is 41.8 Å². The molecule has 23 heavy (non-hydrogen) atoms. The Hall–Kier alpha value is -1.80. The van der Waals surface area contributed by atoms with Gasteiger partial charge in [0.1, 0.15) is 0 Å². The molecule has 0 spiro atoms. The molecule has 0 fully saturated rings. The van der Waals surface area contributed by atoms with E-state index in [1.807, 2.05) is 0 Å². The summed E-state index contributed by atoms with van der Waals surface area (Å²) in [5.41, 5.74) is 5.32. The van der Waals surface area contributed by atoms with Crippen molar-refractivity contribution in [1.29, 1.82) is 0 Å². The van der Waals surface area contributed by atoms with Crippen molar-refractivity contribution in [1.82, 2.24) is 0 Å². The number of benzene rings is 2. The van der Waals surface area contributed by atoms with Gasteiger partial charge in [0.2, 0.25) is 0 Å². The number of unbranched alkanes of at least 4 members (excludes halogenated alkanes) is 2. The summed E-state index contributed by atoms with van der Waals surface area (Å²) in [5.74, 6) is 0. The number of aliphatic hydroxyl groups is 1. The second kappa shape index (κ2) is 7.65. The summed E-state index contributed by atoms with van der Waals surface area (Å²) in [5, 5.41) is 10.1. The number of nitrogens with zero attached hydrogens (tertiary/aromatic N) is 1. The highest BCUT2D eigenvalue weighted by Crippen LogP contribution is 2.38. The Kier molecular flexibility index (Phi) is 5.35. The summed E-state index contributed by atoms with van der Waals surface area (Å²) >= 11 is 0. The zero-order valence-corrected chi connectivity index (χ0v) is 14.0. The van der Waals surface area contributed by atoms with Crippen LogP contribution in [0.5, 0.6) is 0 Å². The fraction of sp³-hybridized carbons (Fsp3) is 0.429. The van der Waals surface area contributed by atoms with Crippen LogP contribution in [0.3, 0.4) is 0 Å². The SMILES string of the molecule is CCCCC[C@H](CO)N1c2ccccc2CCc2ccccc21. The van der Waals surface area contributed by atoms with Crippen LogP contribution in [-0.2, 0) is 12.8 Å². The zero-order chi connectivity index (χ0) is 16.1. The Labute approximate surface area is 139 Å². The summed E-state index contributed by atoms with van der Waals surface area (Å²) in [4.78, 5) is 2.40. The first-order valence-corrected chi connectivity index (χ1v) is 8.91. The standard InChI is InChI=1S/C21H27NO/c1-2-3-4-11-19(16-23)22-20-12-7-5-9-17(20)14-15-18-10-6-8-13-21(18)22/h5-10,12-13,19,23H,2-4,11,14-16H2,1H3/t19-/m1/s1. The third-order valence-electron chi connectivity index (χ3n) is 4.88. The lowest BCUT2D eigenvalue weighted by Crippen LogP contribution is -2.35. The van der Waals surface area contributed by atoms with Crippen molar-refractivity contribution < 1.29 is 5.11 Å². The predicted molar refractivity (Wildman–Crippen MR) is 97.4 cm³/mol. The molecule has 0 saturated heterocycles. The Morgan fingerprint density at radius 3 is 2.00 bits per heavy atom. The van der Waals surface area contributed by atoms with Crippen LogP contribution in [-0.4, -0.2) is 17.8 Å². The lowest BCUT2D eigenvalue weighted by Gasteiger charge is -2.34. The van der Waals surface area contributed by atoms with E-state index >= 15 is 0 Å². The third-order valence-corrected chi connectivity index (χ3v) is 4.88. The summed E-state index contributed by atoms with van der Waals surface area (Å²) in [6.45, 7) is 2.43. The van der Waals surface area contributed by atoms with Gasteiger partial charge < -0.3 is 10.0 Å². The smallest absolute Gasteiger partial charge is 0.0639 e. The van der Waals surface area contributed by atoms with Gasteiger partial charge in [-0.1, -0.05) is 62.6 Å². The number of rotatable bonds is 6. The number of hydrogen-bond donors (Lipinski definition) is 1. The van der Waals surface area contributed by atoms with Crippen LogP contribution < -0.4 is 4.90 Å². The molecule has 1 heterocycles. The number of aliphatic hydroxyl groups excluding tert-OH is 1. The maximum absolute atomic E-state index is 10.1. The van der Waals surface area contributed by atoms with Crippen molar-refractivity contribution in [3.8, 4) is 0 Å². The average molecular weight is 309 g/mol. The fourth-order valence-electron chi connectivity index (χ4n) is 3.64. The van der Waals surface area contributed by atoms with Crippen molar-refractivity contribution in [3.05, 3.63) is 59.7 Å². The molecule has 0 amide bonds. The maximum atomic E-state index is 10.1. The molecule has 2 aromatic rings. The summed E-state index contributed by atoms with van der Waals surface area (Å²) in [6, 6.07) is 17.5. The molecule has 1 aliphatic rings. The molecule has 1 N–H and O–H groups in total. The van der Waals surface area contributed by atoms with Crippen LogP contribution >= 0.6 is 0 Å². The number of anilines is 2. The van der Waals surface area contributed by atoms with Crippen molar-refractivity contribution in [2.24, 2.45) is 0 Å². The Morgan fingerprint density at radius 2 is 1.48 bits per heavy atom. The van der Waals surface area contributed by atoms with Gasteiger partial charge in [-0.15, -0.1) is 0 Å². The summed E-state index contributed by atoms with van der Waals surface area (Å²) in [7, 11) is 0. The normalized spacial score (nSPS) is 14.8. The highest BCUT2D eigenvalue weighted by atomic mass is 16.3. The zero-order valence-electron chi connectivity index (χ0n) is 14.0. The molecular weight excluding hydrogens is 282 g/mol. The lowest BCUT2D eigenvalue weighted by atomic mass is 10.0. The first-order chi connectivity index (χ1) is 11.3. The number of aryl methyl sites for hydroxylation is 2. The van der Waals surface area contributed by atoms with Crippen LogP contribution in [0.1, 0.15) is 43.7 Å². The molecule has 1 atom stereocenters. The minimum atomic E-state index is 0.155. The molecule has 0 radical (unpaired) electrons. The average Bonchev–Trinajstić information content (AvgIpc) is 2.76. The van der Waals surface area contributed by atoms with Crippen LogP contribution in [0, 0.1) is 0 Å². The van der Waals surface area contributed by atoms with Gasteiger partial charge in [0, 0.05) is 11.4 Å². The molecule has 122 valence electrons. The molecule has 2 nitrogen and oxygen atoms in total. The van der Waals surface area contributed by atoms with Crippen molar-refractivity contribution in [2.45, 2.75) is 51.5 Å². The number of fused-ring (bicyclic) bond motifs is 2. The van der Waals surface area contributed by atoms with E-state index in [1.54, 1.807) is 0 Å². The molecular formula is C21H27NO. The van der Waals surface area contributed by atoms with Crippen LogP contribution in [0.2, 0.25) is 0 Å². The van der Waals surface area contributed by atoms with Crippen molar-refractivity contribution in [2.75, 3.05) is 11.5 Å². The Balaban J connectivity index is 2.02. The Morgan fingerprint density at radius 1 is 0.913 bits per heavy atom. The van der Waals surface area contributed by atoms with E-state index in [9.17, 15) is 5.11 Å². The van der Waals surface area contributed by atoms with Crippen LogP contribution in [0.4, 0.5) is 11.4 Å². The molecule has 0 bridgehead atoms. The molecule has 0 unspecified atom stereocenters. The third kappa shape index (κ3) is 3.42. The van der Waals surface area contributed by atoms with Gasteiger partial charge in [-0.05, 0) is 42.5 Å². The second-order valence-electron chi connectivity index (χ2n) is 6.46. The van der Waals surface area contributed by atoms with Gasteiger partial charge in [0.25, 0.3) is 0 Å². The number of hydrogen-bond acceptors (Lipinski definition) is 2. The van der Waals surface area contributed by atoms with E-state index in [-0.39, 0.29) is 12.6 Å². The summed E-state index contributed by atoms with van der Waals surface area (Å²) < 4.78 is 0. The largest absolute Gasteiger partial charge is 0.394 e. The van der Waals surface area contributed by atoms with E-state index in [2.05, 4.69) is 60.4 Å². The molecule has 0 aliphatic carbocycles. The molecule has 0 aromatic heterocycles. The van der Waals surface area contributed by atoms with Gasteiger partial charge in [-0.2, -0.15) is 0 Å². The van der Waals surface area contributed by atoms with Gasteiger partial charge >= 0.3 is 0 Å². The van der Waals surface area contributed by atoms with Crippen molar-refractivity contribution >= 4 is 11.4 Å². The van der Waals surface area contributed by atoms with E-state index in [0.717, 1.165) is 19.3 Å². The lowest BCUT2D eigenvalue weighted by molar-refractivity contribution is 0.256. The predicted octanol–water partition coefficient (Wildman–Crippen LogP) is 4.86. The van der Waals surface area contributed by atoms with E-state index in [4.69, 9.17) is 0 Å². The fourth-order valence-corrected chi connectivity index (χ4v) is 3.64. The highest BCUT2D eigenvalue weighted by Gasteiger charge is 2.26. The van der Waals surface area contributed by atoms with Crippen molar-refractivity contribution in [3.63, 3.8) is 0 Å². The molecule has 1 aliphatic heterocycles. The number of para-hydroxylation sites is 2. The quantitative estimate of drug-likeness (QED) is 0.770. The van der Waals surface area contributed by atoms with Crippen LogP contribution in [0.25, 0.3) is 0 Å². The van der Waals surface area contributed by atoms with Gasteiger partial charge in [-0.25, -0.2) is 0 Å². The first kappa shape index (κ1) is 16.1. The second-order valence-corrected chi connectivity index (χ2v) is 6.46. The maximum Gasteiger partial charge on any atom is 0.0639 e. The first-order valence-electron chi connectivity index (χ1n) is 8.91. The van der Waals surface area contributed by atoms with E-state index in [0.29, 0.717) is 0 Å². The highest BCUT2D eigenvalue weighted by molar-refractivity contribution is 5.71. The molecule has 3 rings (SSSR count). The van der Waals surface area contributed by atoms with E-state index < -0.39 is 0 Å². The minimum absolute atomic E-state index is 0.155. The minimum Gasteiger partial charge on any atom is -0.394 e.